The van der Waals surface area contributed by atoms with Gasteiger partial charge in [0.2, 0.25) is 0 Å². The van der Waals surface area contributed by atoms with Gasteiger partial charge in [-0.1, -0.05) is 23.2 Å². The molecule has 0 radical (unpaired) electrons. The molecule has 0 aliphatic carbocycles. The Morgan fingerprint density at radius 2 is 2.00 bits per heavy atom. The molecule has 118 valence electrons. The van der Waals surface area contributed by atoms with E-state index < -0.39 is 17.8 Å². The van der Waals surface area contributed by atoms with E-state index in [0.717, 1.165) is 10.7 Å². The fourth-order valence-corrected chi connectivity index (χ4v) is 2.18. The molecule has 1 aromatic carbocycles. The quantitative estimate of drug-likeness (QED) is 0.913. The number of nitrogens with one attached hydrogen (secondary N) is 1. The normalized spacial score (nSPS) is 11.5. The van der Waals surface area contributed by atoms with Gasteiger partial charge in [0.1, 0.15) is 0 Å². The van der Waals surface area contributed by atoms with Crippen LogP contribution in [0, 0.1) is 0 Å². The Hall–Kier alpha value is -1.73. The van der Waals surface area contributed by atoms with Crippen molar-refractivity contribution < 1.29 is 18.0 Å². The van der Waals surface area contributed by atoms with Gasteiger partial charge in [0.15, 0.2) is 5.69 Å². The molecule has 2 rings (SSSR count). The first kappa shape index (κ1) is 16.6. The number of hydrogen-bond acceptors (Lipinski definition) is 2. The average Bonchev–Trinajstić information content (AvgIpc) is 2.87. The molecular formula is C13H10Cl2F3N3O. The van der Waals surface area contributed by atoms with Crippen LogP contribution in [0.5, 0.6) is 0 Å². The van der Waals surface area contributed by atoms with Crippen molar-refractivity contribution in [2.45, 2.75) is 12.7 Å². The van der Waals surface area contributed by atoms with E-state index in [4.69, 9.17) is 23.2 Å². The summed E-state index contributed by atoms with van der Waals surface area (Å²) in [6, 6.07) is 5.29. The largest absolute Gasteiger partial charge is 0.435 e. The molecule has 1 N–H and O–H groups in total. The molecule has 0 fully saturated rings. The molecule has 0 saturated heterocycles. The molecule has 1 amide bonds. The summed E-state index contributed by atoms with van der Waals surface area (Å²) in [5.41, 5.74) is -0.734. The van der Waals surface area contributed by atoms with Crippen LogP contribution in [0.25, 0.3) is 0 Å². The number of alkyl halides is 3. The molecule has 4 nitrogen and oxygen atoms in total. The lowest BCUT2D eigenvalue weighted by atomic mass is 10.2. The van der Waals surface area contributed by atoms with Crippen LogP contribution in [0.1, 0.15) is 16.1 Å². The van der Waals surface area contributed by atoms with Crippen molar-refractivity contribution >= 4 is 29.1 Å². The highest BCUT2D eigenvalue weighted by Crippen LogP contribution is 2.27. The van der Waals surface area contributed by atoms with Crippen LogP contribution in [0.3, 0.4) is 0 Å². The highest BCUT2D eigenvalue weighted by atomic mass is 35.5. The molecule has 0 atom stereocenters. The number of carbonyl (C=O) groups excluding carboxylic acids is 1. The third-order valence-corrected chi connectivity index (χ3v) is 3.28. The molecule has 0 aliphatic heterocycles. The van der Waals surface area contributed by atoms with E-state index >= 15 is 0 Å². The minimum Gasteiger partial charge on any atom is -0.350 e. The number of rotatable bonds is 4. The SMILES string of the molecule is O=C(NCCn1ccc(C(F)(F)F)n1)c1ccc(Cl)cc1Cl. The van der Waals surface area contributed by atoms with E-state index in [9.17, 15) is 18.0 Å². The van der Waals surface area contributed by atoms with Crippen molar-refractivity contribution in [2.75, 3.05) is 6.54 Å². The highest BCUT2D eigenvalue weighted by Gasteiger charge is 2.33. The predicted molar refractivity (Wildman–Crippen MR) is 76.0 cm³/mol. The second-order valence-electron chi connectivity index (χ2n) is 4.34. The molecule has 0 spiro atoms. The zero-order chi connectivity index (χ0) is 16.3. The van der Waals surface area contributed by atoms with Crippen LogP contribution in [-0.4, -0.2) is 22.2 Å². The van der Waals surface area contributed by atoms with Crippen LogP contribution in [0.4, 0.5) is 13.2 Å². The van der Waals surface area contributed by atoms with Crippen molar-refractivity contribution in [3.63, 3.8) is 0 Å². The van der Waals surface area contributed by atoms with E-state index in [-0.39, 0.29) is 23.7 Å². The van der Waals surface area contributed by atoms with E-state index in [1.54, 1.807) is 0 Å². The maximum atomic E-state index is 12.4. The molecule has 0 saturated carbocycles. The molecule has 1 aromatic heterocycles. The van der Waals surface area contributed by atoms with Gasteiger partial charge >= 0.3 is 6.18 Å². The van der Waals surface area contributed by atoms with Crippen molar-refractivity contribution in [1.29, 1.82) is 0 Å². The Bertz CT molecular complexity index is 685. The summed E-state index contributed by atoms with van der Waals surface area (Å²) >= 11 is 11.6. The first-order valence-corrected chi connectivity index (χ1v) is 6.87. The average molecular weight is 352 g/mol. The van der Waals surface area contributed by atoms with Crippen LogP contribution in [0.2, 0.25) is 10.0 Å². The molecule has 0 aliphatic rings. The number of aromatic nitrogens is 2. The van der Waals surface area contributed by atoms with Gasteiger partial charge in [0.05, 0.1) is 17.1 Å². The molecule has 0 unspecified atom stereocenters. The van der Waals surface area contributed by atoms with E-state index in [1.807, 2.05) is 0 Å². The van der Waals surface area contributed by atoms with Crippen molar-refractivity contribution in [3.8, 4) is 0 Å². The minimum absolute atomic E-state index is 0.104. The molecule has 1 heterocycles. The molecule has 9 heteroatoms. The fourth-order valence-electron chi connectivity index (χ4n) is 1.69. The number of amides is 1. The molecular weight excluding hydrogens is 342 g/mol. The van der Waals surface area contributed by atoms with Crippen molar-refractivity contribution in [2.24, 2.45) is 0 Å². The third kappa shape index (κ3) is 4.14. The Balaban J connectivity index is 1.91. The molecule has 22 heavy (non-hydrogen) atoms. The topological polar surface area (TPSA) is 46.9 Å². The number of nitrogens with zero attached hydrogens (tertiary/aromatic N) is 2. The summed E-state index contributed by atoms with van der Waals surface area (Å²) in [5, 5.41) is 6.52. The summed E-state index contributed by atoms with van der Waals surface area (Å²) in [6.07, 6.45) is -3.28. The van der Waals surface area contributed by atoms with Gasteiger partial charge in [0.25, 0.3) is 5.91 Å². The number of carbonyl (C=O) groups is 1. The highest BCUT2D eigenvalue weighted by molar-refractivity contribution is 6.36. The van der Waals surface area contributed by atoms with E-state index in [1.165, 1.54) is 24.4 Å². The van der Waals surface area contributed by atoms with Gasteiger partial charge in [-0.3, -0.25) is 9.48 Å². The lowest BCUT2D eigenvalue weighted by Gasteiger charge is -2.07. The van der Waals surface area contributed by atoms with Crippen LogP contribution < -0.4 is 5.32 Å². The van der Waals surface area contributed by atoms with Gasteiger partial charge in [-0.05, 0) is 24.3 Å². The monoisotopic (exact) mass is 351 g/mol. The Labute approximate surface area is 133 Å². The third-order valence-electron chi connectivity index (χ3n) is 2.73. The number of hydrogen-bond donors (Lipinski definition) is 1. The van der Waals surface area contributed by atoms with Crippen LogP contribution >= 0.6 is 23.2 Å². The van der Waals surface area contributed by atoms with Gasteiger partial charge in [-0.2, -0.15) is 18.3 Å². The maximum absolute atomic E-state index is 12.4. The van der Waals surface area contributed by atoms with Crippen LogP contribution in [-0.2, 0) is 12.7 Å². The zero-order valence-electron chi connectivity index (χ0n) is 11.0. The predicted octanol–water partition coefficient (Wildman–Crippen LogP) is 3.64. The van der Waals surface area contributed by atoms with E-state index in [2.05, 4.69) is 10.4 Å². The van der Waals surface area contributed by atoms with Crippen LogP contribution in [0.15, 0.2) is 30.5 Å². The fraction of sp³-hybridized carbons (Fsp3) is 0.231. The summed E-state index contributed by atoms with van der Waals surface area (Å²) < 4.78 is 38.2. The Morgan fingerprint density at radius 3 is 2.59 bits per heavy atom. The lowest BCUT2D eigenvalue weighted by Crippen LogP contribution is -2.27. The van der Waals surface area contributed by atoms with E-state index in [0.29, 0.717) is 5.02 Å². The molecule has 2 aromatic rings. The van der Waals surface area contributed by atoms with Gasteiger partial charge < -0.3 is 5.32 Å². The second kappa shape index (κ2) is 6.58. The lowest BCUT2D eigenvalue weighted by molar-refractivity contribution is -0.141. The zero-order valence-corrected chi connectivity index (χ0v) is 12.5. The first-order chi connectivity index (χ1) is 10.3. The Kier molecular flexibility index (Phi) is 4.97. The first-order valence-electron chi connectivity index (χ1n) is 6.11. The van der Waals surface area contributed by atoms with Gasteiger partial charge in [-0.25, -0.2) is 0 Å². The maximum Gasteiger partial charge on any atom is 0.435 e. The Morgan fingerprint density at radius 1 is 1.27 bits per heavy atom. The summed E-state index contributed by atoms with van der Waals surface area (Å²) in [5.74, 6) is -0.440. The second-order valence-corrected chi connectivity index (χ2v) is 5.19. The summed E-state index contributed by atoms with van der Waals surface area (Å²) in [4.78, 5) is 11.9. The standard InChI is InChI=1S/C13H10Cl2F3N3O/c14-8-1-2-9(10(15)7-8)12(22)19-4-6-21-5-3-11(20-21)13(16,17)18/h1-3,5,7H,4,6H2,(H,19,22). The summed E-state index contributed by atoms with van der Waals surface area (Å²) in [7, 11) is 0. The number of halogens is 5. The van der Waals surface area contributed by atoms with Gasteiger partial charge in [0, 0.05) is 17.8 Å². The molecule has 0 bridgehead atoms. The minimum atomic E-state index is -4.48. The number of benzene rings is 1. The van der Waals surface area contributed by atoms with Gasteiger partial charge in [-0.15, -0.1) is 0 Å². The van der Waals surface area contributed by atoms with Crippen molar-refractivity contribution in [3.05, 3.63) is 51.8 Å². The summed E-state index contributed by atoms with van der Waals surface area (Å²) in [6.45, 7) is 0.212. The van der Waals surface area contributed by atoms with Crippen molar-refractivity contribution in [1.82, 2.24) is 15.1 Å². The smallest absolute Gasteiger partial charge is 0.350 e.